The van der Waals surface area contributed by atoms with Crippen molar-refractivity contribution in [2.45, 2.75) is 46.8 Å². The topological polar surface area (TPSA) is 56.3 Å². The molecule has 1 aromatic rings. The van der Waals surface area contributed by atoms with Crippen molar-refractivity contribution in [3.8, 4) is 5.88 Å². The first-order chi connectivity index (χ1) is 9.02. The highest BCUT2D eigenvalue weighted by atomic mass is 16.5. The lowest BCUT2D eigenvalue weighted by Gasteiger charge is -2.22. The minimum atomic E-state index is 0.104. The second-order valence-corrected chi connectivity index (χ2v) is 5.04. The summed E-state index contributed by atoms with van der Waals surface area (Å²) in [5, 5.41) is 3.30. The fraction of sp³-hybridized carbons (Fsp3) is 0.714. The van der Waals surface area contributed by atoms with Crippen LogP contribution >= 0.6 is 0 Å². The molecule has 0 aliphatic heterocycles. The zero-order chi connectivity index (χ0) is 14.3. The van der Waals surface area contributed by atoms with Gasteiger partial charge in [-0.05, 0) is 26.7 Å². The van der Waals surface area contributed by atoms with Crippen molar-refractivity contribution in [2.24, 2.45) is 5.92 Å². The molecule has 5 nitrogen and oxygen atoms in total. The second-order valence-electron chi connectivity index (χ2n) is 5.04. The number of rotatable bonds is 8. The number of hydrogen-bond acceptors (Lipinski definition) is 5. The van der Waals surface area contributed by atoms with Crippen molar-refractivity contribution in [1.29, 1.82) is 0 Å². The molecule has 0 aliphatic rings. The molecular formula is C14H25N3O2. The Bertz CT molecular complexity index is 369. The molecule has 0 bridgehead atoms. The first-order valence-corrected chi connectivity index (χ1v) is 6.86. The third-order valence-electron chi connectivity index (χ3n) is 2.61. The second kappa shape index (κ2) is 7.94. The first kappa shape index (κ1) is 15.7. The van der Waals surface area contributed by atoms with E-state index in [4.69, 9.17) is 9.47 Å². The summed E-state index contributed by atoms with van der Waals surface area (Å²) in [5.41, 5.74) is 0. The number of anilines is 1. The SMILES string of the molecule is CCOCC(Nc1nccc(OC(C)C)n1)C(C)C. The highest BCUT2D eigenvalue weighted by Gasteiger charge is 2.15. The number of ether oxygens (including phenoxy) is 2. The van der Waals surface area contributed by atoms with E-state index in [1.807, 2.05) is 20.8 Å². The molecule has 1 aromatic heterocycles. The molecule has 0 aromatic carbocycles. The van der Waals surface area contributed by atoms with E-state index in [1.165, 1.54) is 0 Å². The van der Waals surface area contributed by atoms with E-state index in [2.05, 4.69) is 29.1 Å². The lowest BCUT2D eigenvalue weighted by molar-refractivity contribution is 0.126. The third kappa shape index (κ3) is 5.87. The molecule has 1 heterocycles. The Morgan fingerprint density at radius 2 is 2.00 bits per heavy atom. The van der Waals surface area contributed by atoms with E-state index in [9.17, 15) is 0 Å². The maximum Gasteiger partial charge on any atom is 0.226 e. The van der Waals surface area contributed by atoms with Crippen LogP contribution in [0.15, 0.2) is 12.3 Å². The molecule has 0 aliphatic carbocycles. The zero-order valence-electron chi connectivity index (χ0n) is 12.5. The summed E-state index contributed by atoms with van der Waals surface area (Å²) in [7, 11) is 0. The van der Waals surface area contributed by atoms with Gasteiger partial charge in [0.1, 0.15) is 0 Å². The fourth-order valence-electron chi connectivity index (χ4n) is 1.53. The van der Waals surface area contributed by atoms with E-state index < -0.39 is 0 Å². The van der Waals surface area contributed by atoms with Gasteiger partial charge in [0.2, 0.25) is 11.8 Å². The largest absolute Gasteiger partial charge is 0.475 e. The summed E-state index contributed by atoms with van der Waals surface area (Å²) in [6.07, 6.45) is 1.80. The molecule has 0 saturated heterocycles. The molecule has 19 heavy (non-hydrogen) atoms. The van der Waals surface area contributed by atoms with Gasteiger partial charge in [-0.3, -0.25) is 0 Å². The van der Waals surface area contributed by atoms with E-state index in [1.54, 1.807) is 12.3 Å². The Morgan fingerprint density at radius 3 is 2.58 bits per heavy atom. The van der Waals surface area contributed by atoms with E-state index in [0.29, 0.717) is 31.0 Å². The Morgan fingerprint density at radius 1 is 1.26 bits per heavy atom. The summed E-state index contributed by atoms with van der Waals surface area (Å²) < 4.78 is 11.0. The van der Waals surface area contributed by atoms with Crippen LogP contribution in [0.4, 0.5) is 5.95 Å². The van der Waals surface area contributed by atoms with Crippen molar-refractivity contribution in [3.05, 3.63) is 12.3 Å². The molecule has 108 valence electrons. The predicted octanol–water partition coefficient (Wildman–Crippen LogP) is 2.74. The summed E-state index contributed by atoms with van der Waals surface area (Å²) in [6, 6.07) is 1.95. The molecule has 0 fully saturated rings. The lowest BCUT2D eigenvalue weighted by atomic mass is 10.1. The molecule has 1 rings (SSSR count). The van der Waals surface area contributed by atoms with Gasteiger partial charge in [0, 0.05) is 18.9 Å². The van der Waals surface area contributed by atoms with Crippen LogP contribution in [-0.2, 0) is 4.74 Å². The standard InChI is InChI=1S/C14H25N3O2/c1-6-18-9-12(10(2)3)16-14-15-8-7-13(17-14)19-11(4)5/h7-8,10-12H,6,9H2,1-5H3,(H,15,16,17). The molecule has 0 radical (unpaired) electrons. The Kier molecular flexibility index (Phi) is 6.56. The van der Waals surface area contributed by atoms with Crippen LogP contribution in [0, 0.1) is 5.92 Å². The van der Waals surface area contributed by atoms with Crippen LogP contribution in [0.25, 0.3) is 0 Å². The van der Waals surface area contributed by atoms with Gasteiger partial charge in [0.25, 0.3) is 0 Å². The van der Waals surface area contributed by atoms with E-state index >= 15 is 0 Å². The Hall–Kier alpha value is -1.36. The molecule has 0 spiro atoms. The van der Waals surface area contributed by atoms with Gasteiger partial charge in [0.05, 0.1) is 18.8 Å². The summed E-state index contributed by atoms with van der Waals surface area (Å²) in [6.45, 7) is 11.6. The number of nitrogens with one attached hydrogen (secondary N) is 1. The van der Waals surface area contributed by atoms with Crippen molar-refractivity contribution < 1.29 is 9.47 Å². The van der Waals surface area contributed by atoms with Crippen LogP contribution < -0.4 is 10.1 Å². The van der Waals surface area contributed by atoms with Crippen LogP contribution in [0.3, 0.4) is 0 Å². The number of nitrogens with zero attached hydrogens (tertiary/aromatic N) is 2. The lowest BCUT2D eigenvalue weighted by Crippen LogP contribution is -2.31. The molecular weight excluding hydrogens is 242 g/mol. The van der Waals surface area contributed by atoms with Crippen LogP contribution in [-0.4, -0.2) is 35.3 Å². The van der Waals surface area contributed by atoms with Crippen molar-refractivity contribution >= 4 is 5.95 Å². The van der Waals surface area contributed by atoms with Crippen molar-refractivity contribution in [2.75, 3.05) is 18.5 Å². The minimum Gasteiger partial charge on any atom is -0.475 e. The molecule has 5 heteroatoms. The van der Waals surface area contributed by atoms with Crippen LogP contribution in [0.2, 0.25) is 0 Å². The van der Waals surface area contributed by atoms with E-state index in [0.717, 1.165) is 0 Å². The van der Waals surface area contributed by atoms with Crippen LogP contribution in [0.1, 0.15) is 34.6 Å². The Labute approximate surface area is 115 Å². The normalized spacial score (nSPS) is 12.8. The summed E-state index contributed by atoms with van der Waals surface area (Å²) in [4.78, 5) is 8.56. The average Bonchev–Trinajstić information content (AvgIpc) is 2.33. The molecule has 0 saturated carbocycles. The average molecular weight is 267 g/mol. The van der Waals surface area contributed by atoms with Crippen LogP contribution in [0.5, 0.6) is 5.88 Å². The van der Waals surface area contributed by atoms with Crippen molar-refractivity contribution in [3.63, 3.8) is 0 Å². The van der Waals surface area contributed by atoms with Gasteiger partial charge in [-0.1, -0.05) is 13.8 Å². The minimum absolute atomic E-state index is 0.104. The fourth-order valence-corrected chi connectivity index (χ4v) is 1.53. The molecule has 0 amide bonds. The predicted molar refractivity (Wildman–Crippen MR) is 76.5 cm³/mol. The Balaban J connectivity index is 2.67. The van der Waals surface area contributed by atoms with Gasteiger partial charge in [0.15, 0.2) is 0 Å². The highest BCUT2D eigenvalue weighted by Crippen LogP contribution is 2.13. The van der Waals surface area contributed by atoms with Gasteiger partial charge >= 0.3 is 0 Å². The van der Waals surface area contributed by atoms with E-state index in [-0.39, 0.29) is 12.1 Å². The highest BCUT2D eigenvalue weighted by molar-refractivity contribution is 5.29. The number of aromatic nitrogens is 2. The van der Waals surface area contributed by atoms with Gasteiger partial charge in [-0.2, -0.15) is 4.98 Å². The third-order valence-corrected chi connectivity index (χ3v) is 2.61. The summed E-state index contributed by atoms with van der Waals surface area (Å²) >= 11 is 0. The maximum atomic E-state index is 5.56. The zero-order valence-corrected chi connectivity index (χ0v) is 12.5. The van der Waals surface area contributed by atoms with Gasteiger partial charge in [-0.15, -0.1) is 0 Å². The molecule has 1 unspecified atom stereocenters. The smallest absolute Gasteiger partial charge is 0.226 e. The molecule has 1 atom stereocenters. The molecule has 1 N–H and O–H groups in total. The maximum absolute atomic E-state index is 5.56. The summed E-state index contributed by atoms with van der Waals surface area (Å²) in [5.74, 6) is 1.60. The number of hydrogen-bond donors (Lipinski definition) is 1. The quantitative estimate of drug-likeness (QED) is 0.785. The monoisotopic (exact) mass is 267 g/mol. The van der Waals surface area contributed by atoms with Crippen molar-refractivity contribution in [1.82, 2.24) is 9.97 Å². The van der Waals surface area contributed by atoms with Gasteiger partial charge < -0.3 is 14.8 Å². The first-order valence-electron chi connectivity index (χ1n) is 6.86. The van der Waals surface area contributed by atoms with Gasteiger partial charge in [-0.25, -0.2) is 4.98 Å².